The number of amides is 1. The fraction of sp³-hybridized carbons (Fsp3) is 0.381. The van der Waals surface area contributed by atoms with Crippen LogP contribution in [0, 0.1) is 6.92 Å². The number of benzene rings is 2. The van der Waals surface area contributed by atoms with Crippen LogP contribution in [0.15, 0.2) is 47.4 Å². The highest BCUT2D eigenvalue weighted by Gasteiger charge is 2.28. The minimum atomic E-state index is -3.50. The van der Waals surface area contributed by atoms with Crippen LogP contribution in [-0.2, 0) is 21.2 Å². The van der Waals surface area contributed by atoms with Gasteiger partial charge < -0.3 is 14.8 Å². The molecular weight excluding hydrogens is 392 g/mol. The van der Waals surface area contributed by atoms with Crippen molar-refractivity contribution >= 4 is 15.9 Å². The van der Waals surface area contributed by atoms with Gasteiger partial charge in [0.1, 0.15) is 11.5 Å². The molecule has 0 atom stereocenters. The summed E-state index contributed by atoms with van der Waals surface area (Å²) in [5, 5.41) is 2.81. The molecule has 29 heavy (non-hydrogen) atoms. The average molecular weight is 419 g/mol. The van der Waals surface area contributed by atoms with Gasteiger partial charge in [-0.25, -0.2) is 13.1 Å². The van der Waals surface area contributed by atoms with Crippen LogP contribution in [0.3, 0.4) is 0 Å². The molecule has 1 aliphatic carbocycles. The summed E-state index contributed by atoms with van der Waals surface area (Å²) in [5.74, 6) is 1.05. The van der Waals surface area contributed by atoms with Gasteiger partial charge in [-0.3, -0.25) is 4.79 Å². The summed E-state index contributed by atoms with van der Waals surface area (Å²) < 4.78 is 37.8. The SMILES string of the molecule is COc1ccc(CCNC(=O)COc2ccc(S(=O)(=O)NC3CC3)cc2C)cc1. The fourth-order valence-electron chi connectivity index (χ4n) is 2.77. The van der Waals surface area contributed by atoms with E-state index in [1.54, 1.807) is 26.2 Å². The quantitative estimate of drug-likeness (QED) is 0.617. The first-order valence-corrected chi connectivity index (χ1v) is 11.0. The number of carbonyl (C=O) groups is 1. The van der Waals surface area contributed by atoms with E-state index in [2.05, 4.69) is 10.0 Å². The molecule has 0 unspecified atom stereocenters. The zero-order valence-electron chi connectivity index (χ0n) is 16.6. The highest BCUT2D eigenvalue weighted by molar-refractivity contribution is 7.89. The molecule has 1 amide bonds. The van der Waals surface area contributed by atoms with Crippen molar-refractivity contribution in [3.05, 3.63) is 53.6 Å². The predicted molar refractivity (Wildman–Crippen MR) is 110 cm³/mol. The van der Waals surface area contributed by atoms with E-state index in [9.17, 15) is 13.2 Å². The van der Waals surface area contributed by atoms with Crippen molar-refractivity contribution in [1.29, 1.82) is 0 Å². The third-order valence-electron chi connectivity index (χ3n) is 4.61. The lowest BCUT2D eigenvalue weighted by molar-refractivity contribution is -0.123. The Hall–Kier alpha value is -2.58. The maximum atomic E-state index is 12.3. The minimum absolute atomic E-state index is 0.0536. The number of nitrogens with one attached hydrogen (secondary N) is 2. The number of rotatable bonds is 10. The highest BCUT2D eigenvalue weighted by atomic mass is 32.2. The van der Waals surface area contributed by atoms with Crippen LogP contribution >= 0.6 is 0 Å². The maximum Gasteiger partial charge on any atom is 0.257 e. The number of ether oxygens (including phenoxy) is 2. The lowest BCUT2D eigenvalue weighted by Crippen LogP contribution is -2.30. The number of sulfonamides is 1. The van der Waals surface area contributed by atoms with Gasteiger partial charge in [0, 0.05) is 12.6 Å². The molecule has 1 aliphatic rings. The molecular formula is C21H26N2O5S. The highest BCUT2D eigenvalue weighted by Crippen LogP contribution is 2.25. The molecule has 0 aliphatic heterocycles. The van der Waals surface area contributed by atoms with E-state index in [1.165, 1.54) is 6.07 Å². The van der Waals surface area contributed by atoms with Crippen molar-refractivity contribution < 1.29 is 22.7 Å². The monoisotopic (exact) mass is 418 g/mol. The Kier molecular flexibility index (Phi) is 6.76. The first-order chi connectivity index (χ1) is 13.9. The first-order valence-electron chi connectivity index (χ1n) is 9.53. The Morgan fingerprint density at radius 2 is 1.86 bits per heavy atom. The van der Waals surface area contributed by atoms with Gasteiger partial charge in [-0.2, -0.15) is 0 Å². The number of methoxy groups -OCH3 is 1. The van der Waals surface area contributed by atoms with E-state index >= 15 is 0 Å². The van der Waals surface area contributed by atoms with Crippen LogP contribution in [0.5, 0.6) is 11.5 Å². The van der Waals surface area contributed by atoms with E-state index in [0.29, 0.717) is 24.3 Å². The van der Waals surface area contributed by atoms with Crippen molar-refractivity contribution in [3.63, 3.8) is 0 Å². The molecule has 1 fully saturated rings. The van der Waals surface area contributed by atoms with E-state index in [4.69, 9.17) is 9.47 Å². The smallest absolute Gasteiger partial charge is 0.257 e. The van der Waals surface area contributed by atoms with Crippen molar-refractivity contribution in [3.8, 4) is 11.5 Å². The molecule has 2 N–H and O–H groups in total. The zero-order valence-corrected chi connectivity index (χ0v) is 17.4. The topological polar surface area (TPSA) is 93.7 Å². The normalized spacial score (nSPS) is 13.7. The molecule has 3 rings (SSSR count). The Morgan fingerprint density at radius 1 is 1.14 bits per heavy atom. The van der Waals surface area contributed by atoms with Crippen LogP contribution in [0.4, 0.5) is 0 Å². The van der Waals surface area contributed by atoms with Crippen molar-refractivity contribution in [2.24, 2.45) is 0 Å². The second-order valence-electron chi connectivity index (χ2n) is 7.06. The van der Waals surface area contributed by atoms with E-state index in [-0.39, 0.29) is 23.5 Å². The molecule has 0 saturated heterocycles. The molecule has 2 aromatic carbocycles. The lowest BCUT2D eigenvalue weighted by atomic mass is 10.1. The Balaban J connectivity index is 1.45. The van der Waals surface area contributed by atoms with Crippen LogP contribution in [-0.4, -0.2) is 40.6 Å². The summed E-state index contributed by atoms with van der Waals surface area (Å²) in [4.78, 5) is 12.2. The summed E-state index contributed by atoms with van der Waals surface area (Å²) in [5.41, 5.74) is 1.76. The molecule has 0 spiro atoms. The van der Waals surface area contributed by atoms with E-state index in [1.807, 2.05) is 24.3 Å². The van der Waals surface area contributed by atoms with Crippen LogP contribution in [0.25, 0.3) is 0 Å². The van der Waals surface area contributed by atoms with Gasteiger partial charge in [-0.05, 0) is 67.6 Å². The molecule has 156 valence electrons. The van der Waals surface area contributed by atoms with E-state index in [0.717, 1.165) is 24.2 Å². The summed E-state index contributed by atoms with van der Waals surface area (Å²) in [6.45, 7) is 2.13. The number of hydrogen-bond donors (Lipinski definition) is 2. The van der Waals surface area contributed by atoms with Crippen LogP contribution < -0.4 is 19.5 Å². The van der Waals surface area contributed by atoms with Gasteiger partial charge in [0.2, 0.25) is 10.0 Å². The Bertz CT molecular complexity index is 954. The van der Waals surface area contributed by atoms with Gasteiger partial charge in [0.05, 0.1) is 12.0 Å². The minimum Gasteiger partial charge on any atom is -0.497 e. The van der Waals surface area contributed by atoms with Gasteiger partial charge in [-0.15, -0.1) is 0 Å². The molecule has 0 bridgehead atoms. The summed E-state index contributed by atoms with van der Waals surface area (Å²) in [6, 6.07) is 12.4. The van der Waals surface area contributed by atoms with E-state index < -0.39 is 10.0 Å². The molecule has 2 aromatic rings. The van der Waals surface area contributed by atoms with Crippen molar-refractivity contribution in [2.45, 2.75) is 37.1 Å². The van der Waals surface area contributed by atoms with Crippen LogP contribution in [0.1, 0.15) is 24.0 Å². The third kappa shape index (κ3) is 6.20. The van der Waals surface area contributed by atoms with Crippen molar-refractivity contribution in [2.75, 3.05) is 20.3 Å². The van der Waals surface area contributed by atoms with Crippen molar-refractivity contribution in [1.82, 2.24) is 10.0 Å². The number of hydrogen-bond acceptors (Lipinski definition) is 5. The van der Waals surface area contributed by atoms with Crippen LogP contribution in [0.2, 0.25) is 0 Å². The Labute approximate surface area is 171 Å². The molecule has 0 aromatic heterocycles. The predicted octanol–water partition coefficient (Wildman–Crippen LogP) is 2.18. The number of carbonyl (C=O) groups excluding carboxylic acids is 1. The summed E-state index contributed by atoms with van der Waals surface area (Å²) in [6.07, 6.45) is 2.47. The lowest BCUT2D eigenvalue weighted by Gasteiger charge is -2.12. The second kappa shape index (κ2) is 9.28. The van der Waals surface area contributed by atoms with Gasteiger partial charge >= 0.3 is 0 Å². The van der Waals surface area contributed by atoms with Gasteiger partial charge in [0.15, 0.2) is 6.61 Å². The second-order valence-corrected chi connectivity index (χ2v) is 8.77. The molecule has 0 heterocycles. The molecule has 7 nitrogen and oxygen atoms in total. The van der Waals surface area contributed by atoms with Gasteiger partial charge in [-0.1, -0.05) is 12.1 Å². The first kappa shape index (κ1) is 21.1. The summed E-state index contributed by atoms with van der Waals surface area (Å²) in [7, 11) is -1.88. The molecule has 1 saturated carbocycles. The fourth-order valence-corrected chi connectivity index (χ4v) is 4.16. The Morgan fingerprint density at radius 3 is 2.48 bits per heavy atom. The summed E-state index contributed by atoms with van der Waals surface area (Å²) >= 11 is 0. The average Bonchev–Trinajstić information content (AvgIpc) is 3.51. The number of aryl methyl sites for hydroxylation is 1. The van der Waals surface area contributed by atoms with Gasteiger partial charge in [0.25, 0.3) is 5.91 Å². The maximum absolute atomic E-state index is 12.3. The standard InChI is InChI=1S/C21H26N2O5S/c1-15-13-19(29(25,26)23-17-5-6-17)9-10-20(15)28-14-21(24)22-12-11-16-3-7-18(27-2)8-4-16/h3-4,7-10,13,17,23H,5-6,11-12,14H2,1-2H3,(H,22,24). The third-order valence-corrected chi connectivity index (χ3v) is 6.13. The molecule has 0 radical (unpaired) electrons. The zero-order chi connectivity index (χ0) is 20.9. The largest absolute Gasteiger partial charge is 0.497 e. The molecule has 8 heteroatoms.